The van der Waals surface area contributed by atoms with Crippen molar-refractivity contribution in [3.05, 3.63) is 23.8 Å². The zero-order valence-corrected chi connectivity index (χ0v) is 11.9. The van der Waals surface area contributed by atoms with E-state index in [0.29, 0.717) is 13.2 Å². The van der Waals surface area contributed by atoms with Gasteiger partial charge in [-0.2, -0.15) is 0 Å². The average molecular weight is 253 g/mol. The fourth-order valence-electron chi connectivity index (χ4n) is 1.77. The molecule has 0 fully saturated rings. The second-order valence-electron chi connectivity index (χ2n) is 4.85. The molecule has 4 heteroatoms. The van der Waals surface area contributed by atoms with Crippen LogP contribution in [0.2, 0.25) is 0 Å². The van der Waals surface area contributed by atoms with Crippen LogP contribution in [0.15, 0.2) is 18.2 Å². The number of nitrogens with one attached hydrogen (secondary N) is 1. The predicted octanol–water partition coefficient (Wildman–Crippen LogP) is 2.22. The Balaban J connectivity index is 2.76. The molecular formula is C14H23NO3. The molecule has 0 saturated carbocycles. The van der Waals surface area contributed by atoms with Gasteiger partial charge in [-0.3, -0.25) is 0 Å². The molecule has 0 aliphatic rings. The normalized spacial score (nSPS) is 11.4. The Labute approximate surface area is 109 Å². The van der Waals surface area contributed by atoms with Crippen LogP contribution in [-0.2, 0) is 11.3 Å². The third kappa shape index (κ3) is 4.20. The van der Waals surface area contributed by atoms with Gasteiger partial charge in [0.25, 0.3) is 0 Å². The average Bonchev–Trinajstić information content (AvgIpc) is 2.36. The molecule has 0 amide bonds. The lowest BCUT2D eigenvalue weighted by Crippen LogP contribution is -2.42. The maximum atomic E-state index is 5.34. The van der Waals surface area contributed by atoms with Gasteiger partial charge in [0, 0.05) is 24.8 Å². The highest BCUT2D eigenvalue weighted by Gasteiger charge is 2.17. The highest BCUT2D eigenvalue weighted by molar-refractivity contribution is 5.40. The van der Waals surface area contributed by atoms with Crippen molar-refractivity contribution in [3.63, 3.8) is 0 Å². The summed E-state index contributed by atoms with van der Waals surface area (Å²) >= 11 is 0. The summed E-state index contributed by atoms with van der Waals surface area (Å²) in [6, 6.07) is 5.79. The van der Waals surface area contributed by atoms with Crippen molar-refractivity contribution in [2.45, 2.75) is 25.9 Å². The van der Waals surface area contributed by atoms with Crippen molar-refractivity contribution in [2.24, 2.45) is 0 Å². The lowest BCUT2D eigenvalue weighted by Gasteiger charge is -2.26. The first-order chi connectivity index (χ1) is 8.52. The third-order valence-corrected chi connectivity index (χ3v) is 2.75. The largest absolute Gasteiger partial charge is 0.497 e. The first kappa shape index (κ1) is 14.8. The van der Waals surface area contributed by atoms with E-state index in [1.165, 1.54) is 0 Å². The van der Waals surface area contributed by atoms with E-state index in [9.17, 15) is 0 Å². The quantitative estimate of drug-likeness (QED) is 0.809. The molecule has 0 aromatic heterocycles. The monoisotopic (exact) mass is 253 g/mol. The first-order valence-corrected chi connectivity index (χ1v) is 5.97. The number of benzene rings is 1. The van der Waals surface area contributed by atoms with E-state index in [1.54, 1.807) is 21.3 Å². The second-order valence-corrected chi connectivity index (χ2v) is 4.85. The maximum Gasteiger partial charge on any atom is 0.123 e. The fraction of sp³-hybridized carbons (Fsp3) is 0.571. The van der Waals surface area contributed by atoms with Crippen LogP contribution in [0.5, 0.6) is 11.5 Å². The molecule has 1 aromatic rings. The van der Waals surface area contributed by atoms with E-state index in [1.807, 2.05) is 18.2 Å². The molecule has 102 valence electrons. The molecule has 0 spiro atoms. The van der Waals surface area contributed by atoms with Gasteiger partial charge < -0.3 is 19.5 Å². The van der Waals surface area contributed by atoms with Gasteiger partial charge in [-0.1, -0.05) is 0 Å². The van der Waals surface area contributed by atoms with E-state index in [-0.39, 0.29) is 5.54 Å². The fourth-order valence-corrected chi connectivity index (χ4v) is 1.77. The highest BCUT2D eigenvalue weighted by Crippen LogP contribution is 2.24. The number of methoxy groups -OCH3 is 3. The van der Waals surface area contributed by atoms with Crippen LogP contribution in [-0.4, -0.2) is 33.5 Å². The lowest BCUT2D eigenvalue weighted by atomic mass is 10.1. The minimum atomic E-state index is -0.0805. The van der Waals surface area contributed by atoms with Crippen molar-refractivity contribution in [1.82, 2.24) is 5.32 Å². The summed E-state index contributed by atoms with van der Waals surface area (Å²) in [5.41, 5.74) is 0.990. The van der Waals surface area contributed by atoms with Crippen molar-refractivity contribution >= 4 is 0 Å². The molecule has 0 saturated heterocycles. The Morgan fingerprint density at radius 1 is 1.11 bits per heavy atom. The molecule has 0 heterocycles. The Bertz CT molecular complexity index is 377. The van der Waals surface area contributed by atoms with Crippen LogP contribution >= 0.6 is 0 Å². The Morgan fingerprint density at radius 3 is 2.39 bits per heavy atom. The molecule has 0 bridgehead atoms. The molecule has 0 aliphatic heterocycles. The zero-order chi connectivity index (χ0) is 13.6. The van der Waals surface area contributed by atoms with Gasteiger partial charge in [0.15, 0.2) is 0 Å². The van der Waals surface area contributed by atoms with Crippen LogP contribution in [0, 0.1) is 0 Å². The van der Waals surface area contributed by atoms with Crippen molar-refractivity contribution in [3.8, 4) is 11.5 Å². The van der Waals surface area contributed by atoms with Crippen molar-refractivity contribution in [2.75, 3.05) is 27.9 Å². The van der Waals surface area contributed by atoms with Gasteiger partial charge in [0.2, 0.25) is 0 Å². The maximum absolute atomic E-state index is 5.34. The smallest absolute Gasteiger partial charge is 0.123 e. The van der Waals surface area contributed by atoms with E-state index in [4.69, 9.17) is 14.2 Å². The molecule has 1 aromatic carbocycles. The standard InChI is InChI=1S/C14H23NO3/c1-14(2,10-16-3)15-9-11-8-12(17-4)6-7-13(11)18-5/h6-8,15H,9-10H2,1-5H3. The number of hydrogen-bond donors (Lipinski definition) is 1. The molecular weight excluding hydrogens is 230 g/mol. The van der Waals surface area contributed by atoms with Gasteiger partial charge >= 0.3 is 0 Å². The summed E-state index contributed by atoms with van der Waals surface area (Å²) in [7, 11) is 5.04. The molecule has 0 aliphatic carbocycles. The molecule has 0 radical (unpaired) electrons. The number of rotatable bonds is 7. The topological polar surface area (TPSA) is 39.7 Å². The van der Waals surface area contributed by atoms with Crippen molar-refractivity contribution in [1.29, 1.82) is 0 Å². The molecule has 0 unspecified atom stereocenters. The van der Waals surface area contributed by atoms with Crippen molar-refractivity contribution < 1.29 is 14.2 Å². The van der Waals surface area contributed by atoms with Crippen LogP contribution in [0.1, 0.15) is 19.4 Å². The van der Waals surface area contributed by atoms with Crippen LogP contribution < -0.4 is 14.8 Å². The SMILES string of the molecule is COCC(C)(C)NCc1cc(OC)ccc1OC. The minimum absolute atomic E-state index is 0.0805. The summed E-state index contributed by atoms with van der Waals surface area (Å²) < 4.78 is 15.7. The zero-order valence-electron chi connectivity index (χ0n) is 11.9. The van der Waals surface area contributed by atoms with Gasteiger partial charge in [0.1, 0.15) is 11.5 Å². The molecule has 1 N–H and O–H groups in total. The number of ether oxygens (including phenoxy) is 3. The lowest BCUT2D eigenvalue weighted by molar-refractivity contribution is 0.127. The molecule has 4 nitrogen and oxygen atoms in total. The summed E-state index contributed by atoms with van der Waals surface area (Å²) in [6.45, 7) is 5.56. The van der Waals surface area contributed by atoms with E-state index in [0.717, 1.165) is 17.1 Å². The van der Waals surface area contributed by atoms with Crippen LogP contribution in [0.25, 0.3) is 0 Å². The summed E-state index contributed by atoms with van der Waals surface area (Å²) in [4.78, 5) is 0. The van der Waals surface area contributed by atoms with Crippen LogP contribution in [0.4, 0.5) is 0 Å². The van der Waals surface area contributed by atoms with Gasteiger partial charge in [0.05, 0.1) is 20.8 Å². The molecule has 0 atom stereocenters. The Kier molecular flexibility index (Phi) is 5.44. The van der Waals surface area contributed by atoms with Crippen LogP contribution in [0.3, 0.4) is 0 Å². The second kappa shape index (κ2) is 6.61. The summed E-state index contributed by atoms with van der Waals surface area (Å²) in [5.74, 6) is 1.69. The molecule has 18 heavy (non-hydrogen) atoms. The molecule has 1 rings (SSSR count). The Hall–Kier alpha value is -1.26. The van der Waals surface area contributed by atoms with E-state index < -0.39 is 0 Å². The highest BCUT2D eigenvalue weighted by atomic mass is 16.5. The van der Waals surface area contributed by atoms with E-state index >= 15 is 0 Å². The summed E-state index contributed by atoms with van der Waals surface area (Å²) in [6.07, 6.45) is 0. The Morgan fingerprint density at radius 2 is 1.83 bits per heavy atom. The predicted molar refractivity (Wildman–Crippen MR) is 72.3 cm³/mol. The number of hydrogen-bond acceptors (Lipinski definition) is 4. The minimum Gasteiger partial charge on any atom is -0.497 e. The van der Waals surface area contributed by atoms with Gasteiger partial charge in [-0.05, 0) is 32.0 Å². The van der Waals surface area contributed by atoms with Gasteiger partial charge in [-0.25, -0.2) is 0 Å². The van der Waals surface area contributed by atoms with E-state index in [2.05, 4.69) is 19.2 Å². The third-order valence-electron chi connectivity index (χ3n) is 2.75. The summed E-state index contributed by atoms with van der Waals surface area (Å²) in [5, 5.41) is 3.44. The first-order valence-electron chi connectivity index (χ1n) is 5.97. The van der Waals surface area contributed by atoms with Gasteiger partial charge in [-0.15, -0.1) is 0 Å².